The van der Waals surface area contributed by atoms with Gasteiger partial charge in [-0.15, -0.1) is 11.3 Å². The number of hydrogen-bond donors (Lipinski definition) is 0. The first-order valence-corrected chi connectivity index (χ1v) is 7.87. The average Bonchev–Trinajstić information content (AvgIpc) is 2.71. The Morgan fingerprint density at radius 3 is 2.50 bits per heavy atom. The molecule has 2 aromatic rings. The van der Waals surface area contributed by atoms with Gasteiger partial charge < -0.3 is 9.64 Å². The van der Waals surface area contributed by atoms with Crippen molar-refractivity contribution in [1.82, 2.24) is 9.97 Å². The lowest BCUT2D eigenvalue weighted by Gasteiger charge is -2.47. The van der Waals surface area contributed by atoms with E-state index in [4.69, 9.17) is 16.3 Å². The Balaban J connectivity index is 2.08. The number of morpholine rings is 1. The van der Waals surface area contributed by atoms with E-state index in [1.54, 1.807) is 11.3 Å². The molecule has 2 aromatic heterocycles. The highest BCUT2D eigenvalue weighted by molar-refractivity contribution is 7.16. The number of anilines is 1. The van der Waals surface area contributed by atoms with Crippen LogP contribution in [0.25, 0.3) is 10.2 Å². The van der Waals surface area contributed by atoms with E-state index in [2.05, 4.69) is 48.6 Å². The fourth-order valence-electron chi connectivity index (χ4n) is 2.99. The highest BCUT2D eigenvalue weighted by atomic mass is 35.5. The van der Waals surface area contributed by atoms with Crippen molar-refractivity contribution in [2.75, 3.05) is 18.0 Å². The van der Waals surface area contributed by atoms with Crippen LogP contribution in [0.5, 0.6) is 0 Å². The summed E-state index contributed by atoms with van der Waals surface area (Å²) in [6.45, 7) is 10.00. The smallest absolute Gasteiger partial charge is 0.225 e. The van der Waals surface area contributed by atoms with E-state index in [9.17, 15) is 0 Å². The van der Waals surface area contributed by atoms with E-state index >= 15 is 0 Å². The number of thiophene rings is 1. The molecule has 20 heavy (non-hydrogen) atoms. The number of nitrogens with zero attached hydrogens (tertiary/aromatic N) is 3. The van der Waals surface area contributed by atoms with E-state index in [0.29, 0.717) is 5.28 Å². The molecule has 0 N–H and O–H groups in total. The Morgan fingerprint density at radius 2 is 1.85 bits per heavy atom. The van der Waals surface area contributed by atoms with Gasteiger partial charge in [-0.25, -0.2) is 4.98 Å². The Morgan fingerprint density at radius 1 is 1.20 bits per heavy atom. The predicted molar refractivity (Wildman–Crippen MR) is 83.9 cm³/mol. The highest BCUT2D eigenvalue weighted by Gasteiger charge is 2.39. The van der Waals surface area contributed by atoms with Gasteiger partial charge in [0.05, 0.1) is 16.6 Å². The number of fused-ring (bicyclic) bond motifs is 1. The van der Waals surface area contributed by atoms with Crippen molar-refractivity contribution in [3.63, 3.8) is 0 Å². The maximum absolute atomic E-state index is 6.12. The summed E-state index contributed by atoms with van der Waals surface area (Å²) in [5, 5.41) is 3.39. The zero-order valence-corrected chi connectivity index (χ0v) is 13.7. The Kier molecular flexibility index (Phi) is 3.19. The lowest BCUT2D eigenvalue weighted by molar-refractivity contribution is -0.133. The first kappa shape index (κ1) is 14.0. The van der Waals surface area contributed by atoms with Gasteiger partial charge in [-0.05, 0) is 50.7 Å². The number of ether oxygens (including phenoxy) is 1. The highest BCUT2D eigenvalue weighted by Crippen LogP contribution is 2.35. The van der Waals surface area contributed by atoms with Crippen LogP contribution >= 0.6 is 22.9 Å². The zero-order valence-electron chi connectivity index (χ0n) is 12.1. The van der Waals surface area contributed by atoms with Gasteiger partial charge in [-0.3, -0.25) is 0 Å². The van der Waals surface area contributed by atoms with Gasteiger partial charge in [0.25, 0.3) is 0 Å². The van der Waals surface area contributed by atoms with Crippen LogP contribution < -0.4 is 4.90 Å². The van der Waals surface area contributed by atoms with Crippen molar-refractivity contribution in [1.29, 1.82) is 0 Å². The molecule has 4 nitrogen and oxygen atoms in total. The number of halogens is 1. The second kappa shape index (κ2) is 4.55. The molecule has 1 fully saturated rings. The average molecular weight is 312 g/mol. The summed E-state index contributed by atoms with van der Waals surface area (Å²) >= 11 is 7.65. The van der Waals surface area contributed by atoms with E-state index in [1.807, 2.05) is 5.38 Å². The van der Waals surface area contributed by atoms with Gasteiger partial charge in [-0.2, -0.15) is 4.98 Å². The largest absolute Gasteiger partial charge is 0.366 e. The number of rotatable bonds is 1. The Bertz CT molecular complexity index is 637. The fourth-order valence-corrected chi connectivity index (χ4v) is 3.97. The second-order valence-corrected chi connectivity index (χ2v) is 7.67. The molecule has 0 unspecified atom stereocenters. The third kappa shape index (κ3) is 2.62. The maximum Gasteiger partial charge on any atom is 0.225 e. The second-order valence-electron chi connectivity index (χ2n) is 6.43. The molecule has 1 saturated heterocycles. The van der Waals surface area contributed by atoms with E-state index < -0.39 is 0 Å². The number of hydrogen-bond acceptors (Lipinski definition) is 5. The van der Waals surface area contributed by atoms with Crippen LogP contribution in [0, 0.1) is 0 Å². The molecule has 0 radical (unpaired) electrons. The third-order valence-corrected chi connectivity index (χ3v) is 4.25. The summed E-state index contributed by atoms with van der Waals surface area (Å²) in [5.41, 5.74) is -0.441. The summed E-state index contributed by atoms with van der Waals surface area (Å²) in [6.07, 6.45) is 0. The van der Waals surface area contributed by atoms with E-state index in [0.717, 1.165) is 29.1 Å². The standard InChI is InChI=1S/C14H18ClN3OS/c1-13(2)7-18(8-14(3,4)19-13)10-9-5-6-20-11(9)17-12(15)16-10/h5-6H,7-8H2,1-4H3. The first-order chi connectivity index (χ1) is 9.26. The molecule has 1 aliphatic rings. The minimum absolute atomic E-state index is 0.221. The Labute approximate surface area is 127 Å². The summed E-state index contributed by atoms with van der Waals surface area (Å²) in [6, 6.07) is 2.06. The number of aromatic nitrogens is 2. The van der Waals surface area contributed by atoms with Crippen LogP contribution in [0.4, 0.5) is 5.82 Å². The molecule has 0 spiro atoms. The summed E-state index contributed by atoms with van der Waals surface area (Å²) in [7, 11) is 0. The van der Waals surface area contributed by atoms with Gasteiger partial charge >= 0.3 is 0 Å². The van der Waals surface area contributed by atoms with Crippen molar-refractivity contribution in [3.05, 3.63) is 16.7 Å². The van der Waals surface area contributed by atoms with Gasteiger partial charge in [-0.1, -0.05) is 0 Å². The molecule has 6 heteroatoms. The third-order valence-electron chi connectivity index (χ3n) is 3.27. The van der Waals surface area contributed by atoms with Gasteiger partial charge in [0.1, 0.15) is 10.6 Å². The predicted octanol–water partition coefficient (Wildman–Crippen LogP) is 3.74. The van der Waals surface area contributed by atoms with Gasteiger partial charge in [0.2, 0.25) is 5.28 Å². The molecule has 0 saturated carbocycles. The van der Waals surface area contributed by atoms with Gasteiger partial charge in [0.15, 0.2) is 0 Å². The SMILES string of the molecule is CC1(C)CN(c2nc(Cl)nc3sccc23)CC(C)(C)O1. The van der Waals surface area contributed by atoms with Crippen LogP contribution in [-0.2, 0) is 4.74 Å². The van der Waals surface area contributed by atoms with Crippen LogP contribution in [0.1, 0.15) is 27.7 Å². The van der Waals surface area contributed by atoms with E-state index in [1.165, 1.54) is 0 Å². The summed E-state index contributed by atoms with van der Waals surface area (Å²) in [5.74, 6) is 0.908. The molecular formula is C14H18ClN3OS. The van der Waals surface area contributed by atoms with Crippen LogP contribution in [-0.4, -0.2) is 34.3 Å². The lowest BCUT2D eigenvalue weighted by atomic mass is 9.99. The minimum atomic E-state index is -0.221. The lowest BCUT2D eigenvalue weighted by Crippen LogP contribution is -2.57. The van der Waals surface area contributed by atoms with Crippen LogP contribution in [0.3, 0.4) is 0 Å². The van der Waals surface area contributed by atoms with Crippen molar-refractivity contribution < 1.29 is 4.74 Å². The van der Waals surface area contributed by atoms with Crippen molar-refractivity contribution in [2.24, 2.45) is 0 Å². The van der Waals surface area contributed by atoms with Gasteiger partial charge in [0, 0.05) is 13.1 Å². The van der Waals surface area contributed by atoms with E-state index in [-0.39, 0.29) is 11.2 Å². The summed E-state index contributed by atoms with van der Waals surface area (Å²) < 4.78 is 6.12. The molecule has 3 heterocycles. The Hall–Kier alpha value is -0.910. The fraction of sp³-hybridized carbons (Fsp3) is 0.571. The van der Waals surface area contributed by atoms with Crippen LogP contribution in [0.15, 0.2) is 11.4 Å². The molecule has 0 amide bonds. The molecule has 1 aliphatic heterocycles. The molecule has 108 valence electrons. The zero-order chi connectivity index (χ0) is 14.5. The van der Waals surface area contributed by atoms with Crippen LogP contribution in [0.2, 0.25) is 5.28 Å². The van der Waals surface area contributed by atoms with Crippen molar-refractivity contribution in [2.45, 2.75) is 38.9 Å². The topological polar surface area (TPSA) is 38.2 Å². The van der Waals surface area contributed by atoms with Crippen molar-refractivity contribution >= 4 is 39.0 Å². The molecule has 0 aromatic carbocycles. The first-order valence-electron chi connectivity index (χ1n) is 6.62. The molecule has 0 aliphatic carbocycles. The molecule has 0 bridgehead atoms. The van der Waals surface area contributed by atoms with Crippen molar-refractivity contribution in [3.8, 4) is 0 Å². The minimum Gasteiger partial charge on any atom is -0.366 e. The molecule has 3 rings (SSSR count). The monoisotopic (exact) mass is 311 g/mol. The quantitative estimate of drug-likeness (QED) is 0.752. The maximum atomic E-state index is 6.12. The normalized spacial score (nSPS) is 21.4. The molecular weight excluding hydrogens is 294 g/mol. The molecule has 0 atom stereocenters. The summed E-state index contributed by atoms with van der Waals surface area (Å²) in [4.78, 5) is 11.9.